The Hall–Kier alpha value is -1.78. The fourth-order valence-corrected chi connectivity index (χ4v) is 1.46. The Kier molecular flexibility index (Phi) is 4.31. The molecule has 0 aliphatic rings. The van der Waals surface area contributed by atoms with E-state index in [0.717, 1.165) is 13.2 Å². The molecule has 0 saturated carbocycles. The maximum absolute atomic E-state index is 13.4. The molecule has 0 fully saturated rings. The zero-order valence-corrected chi connectivity index (χ0v) is 9.50. The molecule has 0 heterocycles. The van der Waals surface area contributed by atoms with Crippen molar-refractivity contribution in [2.24, 2.45) is 5.92 Å². The summed E-state index contributed by atoms with van der Waals surface area (Å²) in [6, 6.07) is 3.62. The van der Waals surface area contributed by atoms with Gasteiger partial charge >= 0.3 is 5.97 Å². The first-order chi connectivity index (χ1) is 7.97. The Morgan fingerprint density at radius 2 is 2.00 bits per heavy atom. The van der Waals surface area contributed by atoms with Crippen molar-refractivity contribution in [1.82, 2.24) is 0 Å². The van der Waals surface area contributed by atoms with E-state index >= 15 is 0 Å². The Balaban J connectivity index is 2.98. The van der Waals surface area contributed by atoms with Crippen LogP contribution in [0.25, 0.3) is 0 Å². The summed E-state index contributed by atoms with van der Waals surface area (Å²) in [6.45, 7) is 1.21. The van der Waals surface area contributed by atoms with Crippen LogP contribution in [0.15, 0.2) is 18.2 Å². The van der Waals surface area contributed by atoms with Crippen LogP contribution in [-0.4, -0.2) is 18.9 Å². The number of esters is 1. The molecule has 0 bridgehead atoms. The standard InChI is InChI=1S/C12H12F2O3/c1-7(15)9(12(16)17-2)6-8-4-3-5-10(13)11(8)14/h3-5,9H,6H2,1-2H3/t9-/m1/s1. The molecule has 17 heavy (non-hydrogen) atoms. The molecule has 1 rings (SSSR count). The highest BCUT2D eigenvalue weighted by atomic mass is 19.2. The van der Waals surface area contributed by atoms with Gasteiger partial charge in [-0.15, -0.1) is 0 Å². The molecule has 5 heteroatoms. The minimum atomic E-state index is -1.10. The lowest BCUT2D eigenvalue weighted by atomic mass is 9.95. The number of ketones is 1. The van der Waals surface area contributed by atoms with Crippen LogP contribution in [0.1, 0.15) is 12.5 Å². The van der Waals surface area contributed by atoms with Crippen LogP contribution in [0.3, 0.4) is 0 Å². The van der Waals surface area contributed by atoms with Gasteiger partial charge in [0.05, 0.1) is 7.11 Å². The zero-order chi connectivity index (χ0) is 13.0. The molecule has 0 aromatic heterocycles. The van der Waals surface area contributed by atoms with Gasteiger partial charge in [-0.2, -0.15) is 0 Å². The SMILES string of the molecule is COC(=O)[C@H](Cc1cccc(F)c1F)C(C)=O. The number of rotatable bonds is 4. The highest BCUT2D eigenvalue weighted by Crippen LogP contribution is 2.17. The van der Waals surface area contributed by atoms with E-state index in [2.05, 4.69) is 4.74 Å². The van der Waals surface area contributed by atoms with Crippen molar-refractivity contribution in [3.63, 3.8) is 0 Å². The molecule has 0 amide bonds. The Labute approximate surface area is 97.4 Å². The van der Waals surface area contributed by atoms with E-state index < -0.39 is 29.3 Å². The predicted octanol–water partition coefficient (Wildman–Crippen LogP) is 1.89. The molecule has 0 N–H and O–H groups in total. The monoisotopic (exact) mass is 242 g/mol. The number of hydrogen-bond donors (Lipinski definition) is 0. The molecule has 0 unspecified atom stereocenters. The van der Waals surface area contributed by atoms with Gasteiger partial charge in [-0.05, 0) is 25.0 Å². The molecule has 92 valence electrons. The van der Waals surface area contributed by atoms with Crippen LogP contribution in [0.5, 0.6) is 0 Å². The van der Waals surface area contributed by atoms with Crippen LogP contribution >= 0.6 is 0 Å². The van der Waals surface area contributed by atoms with E-state index in [9.17, 15) is 18.4 Å². The Bertz CT molecular complexity index is 443. The van der Waals surface area contributed by atoms with Crippen LogP contribution < -0.4 is 0 Å². The zero-order valence-electron chi connectivity index (χ0n) is 9.50. The Morgan fingerprint density at radius 3 is 2.53 bits per heavy atom. The summed E-state index contributed by atoms with van der Waals surface area (Å²) in [5.74, 6) is -4.34. The van der Waals surface area contributed by atoms with Crippen LogP contribution in [-0.2, 0) is 20.7 Å². The van der Waals surface area contributed by atoms with Gasteiger partial charge in [0.15, 0.2) is 11.6 Å². The molecule has 0 aliphatic heterocycles. The topological polar surface area (TPSA) is 43.4 Å². The summed E-state index contributed by atoms with van der Waals surface area (Å²) in [5, 5.41) is 0. The van der Waals surface area contributed by atoms with E-state index in [4.69, 9.17) is 0 Å². The second-order valence-electron chi connectivity index (χ2n) is 3.60. The second-order valence-corrected chi connectivity index (χ2v) is 3.60. The first-order valence-electron chi connectivity index (χ1n) is 4.98. The van der Waals surface area contributed by atoms with E-state index in [0.29, 0.717) is 0 Å². The van der Waals surface area contributed by atoms with Crippen molar-refractivity contribution in [1.29, 1.82) is 0 Å². The summed E-state index contributed by atoms with van der Waals surface area (Å²) in [6.07, 6.45) is -0.203. The normalized spacial score (nSPS) is 12.0. The van der Waals surface area contributed by atoms with Crippen LogP contribution in [0.4, 0.5) is 8.78 Å². The van der Waals surface area contributed by atoms with Gasteiger partial charge in [0.1, 0.15) is 11.7 Å². The number of benzene rings is 1. The van der Waals surface area contributed by atoms with E-state index in [1.54, 1.807) is 0 Å². The van der Waals surface area contributed by atoms with Crippen molar-refractivity contribution in [3.05, 3.63) is 35.4 Å². The Morgan fingerprint density at radius 1 is 1.35 bits per heavy atom. The van der Waals surface area contributed by atoms with Crippen molar-refractivity contribution >= 4 is 11.8 Å². The van der Waals surface area contributed by atoms with Gasteiger partial charge in [0.2, 0.25) is 0 Å². The number of hydrogen-bond acceptors (Lipinski definition) is 3. The molecule has 0 saturated heterocycles. The summed E-state index contributed by atoms with van der Waals surface area (Å²) in [5.41, 5.74) is -0.0180. The average molecular weight is 242 g/mol. The van der Waals surface area contributed by atoms with Gasteiger partial charge in [0, 0.05) is 0 Å². The second kappa shape index (κ2) is 5.52. The highest BCUT2D eigenvalue weighted by molar-refractivity contribution is 5.97. The van der Waals surface area contributed by atoms with Gasteiger partial charge < -0.3 is 4.74 Å². The molecule has 3 nitrogen and oxygen atoms in total. The lowest BCUT2D eigenvalue weighted by Crippen LogP contribution is -2.26. The van der Waals surface area contributed by atoms with E-state index in [1.807, 2.05) is 0 Å². The first-order valence-corrected chi connectivity index (χ1v) is 4.98. The molecular weight excluding hydrogens is 230 g/mol. The minimum absolute atomic E-state index is 0.0180. The van der Waals surface area contributed by atoms with E-state index in [-0.39, 0.29) is 12.0 Å². The quantitative estimate of drug-likeness (QED) is 0.598. The summed E-state index contributed by atoms with van der Waals surface area (Å²) in [4.78, 5) is 22.5. The maximum atomic E-state index is 13.4. The van der Waals surface area contributed by atoms with Crippen LogP contribution in [0, 0.1) is 17.6 Å². The van der Waals surface area contributed by atoms with Gasteiger partial charge in [-0.3, -0.25) is 9.59 Å². The van der Waals surface area contributed by atoms with Crippen molar-refractivity contribution < 1.29 is 23.1 Å². The predicted molar refractivity (Wildman–Crippen MR) is 56.2 cm³/mol. The number of ether oxygens (including phenoxy) is 1. The minimum Gasteiger partial charge on any atom is -0.468 e. The number of carbonyl (C=O) groups excluding carboxylic acids is 2. The molecule has 1 atom stereocenters. The molecule has 1 aromatic rings. The van der Waals surface area contributed by atoms with E-state index in [1.165, 1.54) is 19.1 Å². The largest absolute Gasteiger partial charge is 0.468 e. The van der Waals surface area contributed by atoms with Gasteiger partial charge in [0.25, 0.3) is 0 Å². The fraction of sp³-hybridized carbons (Fsp3) is 0.333. The molecule has 0 aliphatic carbocycles. The van der Waals surface area contributed by atoms with Crippen molar-refractivity contribution in [2.45, 2.75) is 13.3 Å². The number of methoxy groups -OCH3 is 1. The first kappa shape index (κ1) is 13.3. The lowest BCUT2D eigenvalue weighted by Gasteiger charge is -2.11. The third kappa shape index (κ3) is 3.09. The third-order valence-corrected chi connectivity index (χ3v) is 2.43. The summed E-state index contributed by atoms with van der Waals surface area (Å²) < 4.78 is 30.7. The number of halogens is 2. The third-order valence-electron chi connectivity index (χ3n) is 2.43. The number of Topliss-reactive ketones (excluding diaryl/α,β-unsaturated/α-hetero) is 1. The summed E-state index contributed by atoms with van der Waals surface area (Å²) >= 11 is 0. The van der Waals surface area contributed by atoms with Crippen molar-refractivity contribution in [2.75, 3.05) is 7.11 Å². The van der Waals surface area contributed by atoms with Gasteiger partial charge in [-0.25, -0.2) is 8.78 Å². The maximum Gasteiger partial charge on any atom is 0.316 e. The molecule has 1 aromatic carbocycles. The lowest BCUT2D eigenvalue weighted by molar-refractivity contribution is -0.148. The van der Waals surface area contributed by atoms with Crippen molar-refractivity contribution in [3.8, 4) is 0 Å². The van der Waals surface area contributed by atoms with Gasteiger partial charge in [-0.1, -0.05) is 12.1 Å². The average Bonchev–Trinajstić information content (AvgIpc) is 2.29. The molecule has 0 spiro atoms. The molecule has 0 radical (unpaired) electrons. The fourth-order valence-electron chi connectivity index (χ4n) is 1.46. The molecular formula is C12H12F2O3. The highest BCUT2D eigenvalue weighted by Gasteiger charge is 2.26. The summed E-state index contributed by atoms with van der Waals surface area (Å²) in [7, 11) is 1.14. The smallest absolute Gasteiger partial charge is 0.316 e. The van der Waals surface area contributed by atoms with Crippen LogP contribution in [0.2, 0.25) is 0 Å². The number of carbonyl (C=O) groups is 2.